The summed E-state index contributed by atoms with van der Waals surface area (Å²) in [7, 11) is 0. The van der Waals surface area contributed by atoms with E-state index in [1.54, 1.807) is 17.4 Å². The van der Waals surface area contributed by atoms with Crippen molar-refractivity contribution in [2.24, 2.45) is 0 Å². The fourth-order valence-corrected chi connectivity index (χ4v) is 3.30. The third-order valence-corrected chi connectivity index (χ3v) is 4.49. The first-order valence-electron chi connectivity index (χ1n) is 6.42. The van der Waals surface area contributed by atoms with Crippen LogP contribution in [0.4, 0.5) is 10.8 Å². The molecular formula is C14H14ClN3OS. The molecule has 0 spiro atoms. The zero-order valence-electron chi connectivity index (χ0n) is 10.8. The molecule has 0 radical (unpaired) electrons. The van der Waals surface area contributed by atoms with Crippen LogP contribution in [0.1, 0.15) is 10.4 Å². The van der Waals surface area contributed by atoms with Crippen LogP contribution >= 0.6 is 22.9 Å². The molecule has 0 aliphatic carbocycles. The molecule has 6 heteroatoms. The molecule has 20 heavy (non-hydrogen) atoms. The minimum atomic E-state index is 0.595. The number of anilines is 2. The van der Waals surface area contributed by atoms with E-state index in [9.17, 15) is 4.79 Å². The fourth-order valence-electron chi connectivity index (χ4n) is 2.42. The van der Waals surface area contributed by atoms with Crippen LogP contribution in [0.2, 0.25) is 5.02 Å². The van der Waals surface area contributed by atoms with E-state index in [1.165, 1.54) is 0 Å². The Kier molecular flexibility index (Phi) is 3.89. The van der Waals surface area contributed by atoms with Crippen molar-refractivity contribution in [3.63, 3.8) is 0 Å². The van der Waals surface area contributed by atoms with Gasteiger partial charge in [0.05, 0.1) is 0 Å². The third kappa shape index (κ3) is 2.64. The summed E-state index contributed by atoms with van der Waals surface area (Å²) in [6, 6.07) is 5.47. The maximum Gasteiger partial charge on any atom is 0.185 e. The number of thiazole rings is 1. The van der Waals surface area contributed by atoms with Crippen LogP contribution in [-0.2, 0) is 0 Å². The van der Waals surface area contributed by atoms with Crippen LogP contribution in [0.15, 0.2) is 29.8 Å². The molecule has 0 atom stereocenters. The van der Waals surface area contributed by atoms with Crippen molar-refractivity contribution in [1.29, 1.82) is 0 Å². The number of aldehydes is 1. The van der Waals surface area contributed by atoms with Gasteiger partial charge in [-0.05, 0) is 18.2 Å². The zero-order valence-corrected chi connectivity index (χ0v) is 12.4. The second-order valence-corrected chi connectivity index (χ2v) is 5.92. The number of benzene rings is 1. The summed E-state index contributed by atoms with van der Waals surface area (Å²) in [6.07, 6.45) is 2.70. The second-order valence-electron chi connectivity index (χ2n) is 4.61. The molecule has 104 valence electrons. The van der Waals surface area contributed by atoms with Crippen molar-refractivity contribution in [3.05, 3.63) is 40.4 Å². The Morgan fingerprint density at radius 2 is 1.95 bits per heavy atom. The highest BCUT2D eigenvalue weighted by atomic mass is 35.5. The number of rotatable bonds is 3. The number of carbonyl (C=O) groups is 1. The van der Waals surface area contributed by atoms with Crippen LogP contribution in [-0.4, -0.2) is 37.4 Å². The highest BCUT2D eigenvalue weighted by molar-refractivity contribution is 7.13. The van der Waals surface area contributed by atoms with Gasteiger partial charge < -0.3 is 9.80 Å². The highest BCUT2D eigenvalue weighted by Gasteiger charge is 2.20. The van der Waals surface area contributed by atoms with Gasteiger partial charge in [0.1, 0.15) is 0 Å². The van der Waals surface area contributed by atoms with Gasteiger partial charge >= 0.3 is 0 Å². The number of nitrogens with zero attached hydrogens (tertiary/aromatic N) is 3. The summed E-state index contributed by atoms with van der Waals surface area (Å²) in [5.74, 6) is 0. The highest BCUT2D eigenvalue weighted by Crippen LogP contribution is 2.26. The molecule has 1 aromatic heterocycles. The number of hydrogen-bond acceptors (Lipinski definition) is 5. The van der Waals surface area contributed by atoms with Crippen LogP contribution in [0.3, 0.4) is 0 Å². The minimum absolute atomic E-state index is 0.595. The lowest BCUT2D eigenvalue weighted by atomic mass is 10.1. The summed E-state index contributed by atoms with van der Waals surface area (Å²) < 4.78 is 0. The van der Waals surface area contributed by atoms with Gasteiger partial charge in [0.15, 0.2) is 11.4 Å². The van der Waals surface area contributed by atoms with E-state index < -0.39 is 0 Å². The summed E-state index contributed by atoms with van der Waals surface area (Å²) in [4.78, 5) is 20.0. The first-order chi connectivity index (χ1) is 9.78. The van der Waals surface area contributed by atoms with Crippen molar-refractivity contribution < 1.29 is 4.79 Å². The van der Waals surface area contributed by atoms with Gasteiger partial charge in [-0.25, -0.2) is 4.98 Å². The Bertz CT molecular complexity index is 594. The summed E-state index contributed by atoms with van der Waals surface area (Å²) in [6.45, 7) is 3.58. The molecular weight excluding hydrogens is 294 g/mol. The van der Waals surface area contributed by atoms with Gasteiger partial charge in [0, 0.05) is 54.0 Å². The monoisotopic (exact) mass is 307 g/mol. The molecule has 2 heterocycles. The predicted molar refractivity (Wildman–Crippen MR) is 83.4 cm³/mol. The summed E-state index contributed by atoms with van der Waals surface area (Å²) in [5, 5.41) is 3.65. The quantitative estimate of drug-likeness (QED) is 0.817. The molecule has 1 saturated heterocycles. The topological polar surface area (TPSA) is 36.4 Å². The Morgan fingerprint density at radius 1 is 1.20 bits per heavy atom. The van der Waals surface area contributed by atoms with E-state index >= 15 is 0 Å². The normalized spacial score (nSPS) is 15.4. The number of piperazine rings is 1. The largest absolute Gasteiger partial charge is 0.367 e. The van der Waals surface area contributed by atoms with Crippen LogP contribution in [0.5, 0.6) is 0 Å². The van der Waals surface area contributed by atoms with Crippen molar-refractivity contribution in [2.75, 3.05) is 36.0 Å². The van der Waals surface area contributed by atoms with Crippen molar-refractivity contribution in [2.45, 2.75) is 0 Å². The van der Waals surface area contributed by atoms with E-state index in [0.717, 1.165) is 43.3 Å². The Hall–Kier alpha value is -1.59. The summed E-state index contributed by atoms with van der Waals surface area (Å²) in [5.41, 5.74) is 1.61. The minimum Gasteiger partial charge on any atom is -0.367 e. The van der Waals surface area contributed by atoms with Gasteiger partial charge in [-0.15, -0.1) is 11.3 Å². The van der Waals surface area contributed by atoms with Crippen LogP contribution < -0.4 is 9.80 Å². The van der Waals surface area contributed by atoms with E-state index in [1.807, 2.05) is 23.7 Å². The van der Waals surface area contributed by atoms with E-state index in [2.05, 4.69) is 14.8 Å². The van der Waals surface area contributed by atoms with Gasteiger partial charge in [0.25, 0.3) is 0 Å². The SMILES string of the molecule is O=Cc1cc(Cl)ccc1N1CCN(c2nccs2)CC1. The maximum absolute atomic E-state index is 11.2. The fraction of sp³-hybridized carbons (Fsp3) is 0.286. The first kappa shape index (κ1) is 13.4. The molecule has 4 nitrogen and oxygen atoms in total. The number of hydrogen-bond donors (Lipinski definition) is 0. The van der Waals surface area contributed by atoms with Crippen molar-refractivity contribution in [1.82, 2.24) is 4.98 Å². The van der Waals surface area contributed by atoms with E-state index in [-0.39, 0.29) is 0 Å². The second kappa shape index (κ2) is 5.81. The van der Waals surface area contributed by atoms with Crippen LogP contribution in [0, 0.1) is 0 Å². The average molecular weight is 308 g/mol. The van der Waals surface area contributed by atoms with E-state index in [0.29, 0.717) is 10.6 Å². The lowest BCUT2D eigenvalue weighted by molar-refractivity contribution is 0.112. The number of aromatic nitrogens is 1. The lowest BCUT2D eigenvalue weighted by Gasteiger charge is -2.36. The zero-order chi connectivity index (χ0) is 13.9. The maximum atomic E-state index is 11.2. The molecule has 3 rings (SSSR count). The van der Waals surface area contributed by atoms with Gasteiger partial charge in [-0.3, -0.25) is 4.79 Å². The molecule has 0 bridgehead atoms. The third-order valence-electron chi connectivity index (χ3n) is 3.43. The lowest BCUT2D eigenvalue weighted by Crippen LogP contribution is -2.46. The molecule has 0 saturated carbocycles. The average Bonchev–Trinajstić information content (AvgIpc) is 3.01. The Morgan fingerprint density at radius 3 is 2.60 bits per heavy atom. The molecule has 2 aromatic rings. The molecule has 1 fully saturated rings. The molecule has 0 N–H and O–H groups in total. The van der Waals surface area contributed by atoms with Gasteiger partial charge in [0.2, 0.25) is 0 Å². The van der Waals surface area contributed by atoms with Gasteiger partial charge in [-0.2, -0.15) is 0 Å². The first-order valence-corrected chi connectivity index (χ1v) is 7.68. The van der Waals surface area contributed by atoms with E-state index in [4.69, 9.17) is 11.6 Å². The standard InChI is InChI=1S/C14H14ClN3OS/c15-12-1-2-13(11(9-12)10-19)17-4-6-18(7-5-17)14-16-3-8-20-14/h1-3,8-10H,4-7H2. The number of carbonyl (C=O) groups excluding carboxylic acids is 1. The predicted octanol–water partition coefficient (Wildman–Crippen LogP) is 2.94. The molecule has 0 amide bonds. The molecule has 1 aliphatic rings. The van der Waals surface area contributed by atoms with Gasteiger partial charge in [-0.1, -0.05) is 11.6 Å². The van der Waals surface area contributed by atoms with Crippen molar-refractivity contribution >= 4 is 40.0 Å². The van der Waals surface area contributed by atoms with Crippen LogP contribution in [0.25, 0.3) is 0 Å². The Balaban J connectivity index is 1.73. The molecule has 1 aliphatic heterocycles. The number of halogens is 1. The molecule has 1 aromatic carbocycles. The molecule has 0 unspecified atom stereocenters. The Labute approximate surface area is 126 Å². The summed E-state index contributed by atoms with van der Waals surface area (Å²) >= 11 is 7.59. The van der Waals surface area contributed by atoms with Crippen molar-refractivity contribution in [3.8, 4) is 0 Å². The smallest absolute Gasteiger partial charge is 0.185 e.